The number of amides is 1. The van der Waals surface area contributed by atoms with Crippen LogP contribution >= 0.6 is 0 Å². The average molecular weight is 458 g/mol. The van der Waals surface area contributed by atoms with Gasteiger partial charge in [0.15, 0.2) is 11.5 Å². The van der Waals surface area contributed by atoms with Crippen molar-refractivity contribution >= 4 is 17.9 Å². The summed E-state index contributed by atoms with van der Waals surface area (Å²) in [5.74, 6) is 0.329. The standard InChI is InChI=1S/C23H31N5O5/c1-14-19(33-17-9-5-8-16(12-17)22(29)30)11-10-18(24-14)20-21(28(2)27-26-20)25-23(31)32-13-15-6-3-4-7-15/h10-11,15-17H,3-9,12-13H2,1-2H3,(H,25,31)(H,29,30)/t16-,17-/m0/s1. The zero-order valence-corrected chi connectivity index (χ0v) is 19.1. The van der Waals surface area contributed by atoms with Crippen LogP contribution in [0.25, 0.3) is 11.4 Å². The van der Waals surface area contributed by atoms with Crippen molar-refractivity contribution in [2.24, 2.45) is 18.9 Å². The highest BCUT2D eigenvalue weighted by Crippen LogP contribution is 2.31. The van der Waals surface area contributed by atoms with E-state index in [0.29, 0.717) is 54.0 Å². The molecule has 10 heteroatoms. The third kappa shape index (κ3) is 5.61. The van der Waals surface area contributed by atoms with Gasteiger partial charge in [-0.1, -0.05) is 18.1 Å². The minimum atomic E-state index is -0.766. The Morgan fingerprint density at radius 1 is 1.18 bits per heavy atom. The molecule has 2 heterocycles. The van der Waals surface area contributed by atoms with Gasteiger partial charge < -0.3 is 14.6 Å². The topological polar surface area (TPSA) is 128 Å². The normalized spacial score (nSPS) is 21.0. The molecule has 2 N–H and O–H groups in total. The van der Waals surface area contributed by atoms with Crippen LogP contribution in [-0.2, 0) is 16.6 Å². The van der Waals surface area contributed by atoms with E-state index in [1.54, 1.807) is 19.2 Å². The molecule has 178 valence electrons. The monoisotopic (exact) mass is 457 g/mol. The Morgan fingerprint density at radius 2 is 1.97 bits per heavy atom. The lowest BCUT2D eigenvalue weighted by Crippen LogP contribution is -2.29. The summed E-state index contributed by atoms with van der Waals surface area (Å²) in [7, 11) is 1.69. The lowest BCUT2D eigenvalue weighted by atomic mass is 9.87. The fourth-order valence-electron chi connectivity index (χ4n) is 4.63. The predicted molar refractivity (Wildman–Crippen MR) is 120 cm³/mol. The molecule has 0 spiro atoms. The van der Waals surface area contributed by atoms with Crippen LogP contribution < -0.4 is 10.1 Å². The Bertz CT molecular complexity index is 1000. The summed E-state index contributed by atoms with van der Waals surface area (Å²) in [5, 5.41) is 20.2. The number of carboxylic acid groups (broad SMARTS) is 1. The molecule has 10 nitrogen and oxygen atoms in total. The number of nitrogens with one attached hydrogen (secondary N) is 1. The number of nitrogens with zero attached hydrogens (tertiary/aromatic N) is 4. The second-order valence-electron chi connectivity index (χ2n) is 9.01. The van der Waals surface area contributed by atoms with Gasteiger partial charge in [-0.25, -0.2) is 14.5 Å². The first kappa shape index (κ1) is 23.0. The van der Waals surface area contributed by atoms with Gasteiger partial charge in [0.25, 0.3) is 0 Å². The largest absolute Gasteiger partial charge is 0.489 e. The minimum Gasteiger partial charge on any atom is -0.489 e. The van der Waals surface area contributed by atoms with Gasteiger partial charge in [0.1, 0.15) is 5.75 Å². The van der Waals surface area contributed by atoms with Crippen LogP contribution in [0.15, 0.2) is 12.1 Å². The molecule has 2 aromatic rings. The number of carbonyl (C=O) groups is 2. The molecule has 2 atom stereocenters. The highest BCUT2D eigenvalue weighted by molar-refractivity contribution is 5.88. The van der Waals surface area contributed by atoms with Crippen LogP contribution in [0.4, 0.5) is 10.6 Å². The first-order chi connectivity index (χ1) is 15.9. The molecular formula is C23H31N5O5. The molecule has 0 aromatic carbocycles. The zero-order chi connectivity index (χ0) is 23.4. The van der Waals surface area contributed by atoms with Gasteiger partial charge in [0.2, 0.25) is 0 Å². The van der Waals surface area contributed by atoms with E-state index in [0.717, 1.165) is 25.7 Å². The van der Waals surface area contributed by atoms with Gasteiger partial charge in [-0.05, 0) is 63.5 Å². The lowest BCUT2D eigenvalue weighted by molar-refractivity contribution is -0.143. The van der Waals surface area contributed by atoms with Gasteiger partial charge in [-0.3, -0.25) is 10.1 Å². The molecule has 2 fully saturated rings. The van der Waals surface area contributed by atoms with Crippen molar-refractivity contribution in [3.8, 4) is 17.1 Å². The number of hydrogen-bond donors (Lipinski definition) is 2. The Morgan fingerprint density at radius 3 is 2.70 bits per heavy atom. The third-order valence-corrected chi connectivity index (χ3v) is 6.52. The van der Waals surface area contributed by atoms with Crippen molar-refractivity contribution in [1.29, 1.82) is 0 Å². The van der Waals surface area contributed by atoms with Crippen molar-refractivity contribution in [2.75, 3.05) is 11.9 Å². The molecule has 2 aliphatic carbocycles. The van der Waals surface area contributed by atoms with Crippen molar-refractivity contribution in [1.82, 2.24) is 20.0 Å². The van der Waals surface area contributed by atoms with Crippen LogP contribution in [0, 0.1) is 18.8 Å². The average Bonchev–Trinajstić information content (AvgIpc) is 3.44. The van der Waals surface area contributed by atoms with Crippen molar-refractivity contribution in [3.05, 3.63) is 17.8 Å². The van der Waals surface area contributed by atoms with E-state index in [1.165, 1.54) is 17.5 Å². The van der Waals surface area contributed by atoms with E-state index in [-0.39, 0.29) is 12.0 Å². The third-order valence-electron chi connectivity index (χ3n) is 6.52. The van der Waals surface area contributed by atoms with Gasteiger partial charge in [-0.15, -0.1) is 5.10 Å². The number of hydrogen-bond acceptors (Lipinski definition) is 7. The van der Waals surface area contributed by atoms with E-state index >= 15 is 0 Å². The van der Waals surface area contributed by atoms with Crippen LogP contribution in [0.3, 0.4) is 0 Å². The van der Waals surface area contributed by atoms with E-state index in [1.807, 2.05) is 6.92 Å². The van der Waals surface area contributed by atoms with Crippen LogP contribution in [0.5, 0.6) is 5.75 Å². The predicted octanol–water partition coefficient (Wildman–Crippen LogP) is 3.95. The lowest BCUT2D eigenvalue weighted by Gasteiger charge is -2.27. The summed E-state index contributed by atoms with van der Waals surface area (Å²) >= 11 is 0. The summed E-state index contributed by atoms with van der Waals surface area (Å²) in [4.78, 5) is 28.3. The fraction of sp³-hybridized carbons (Fsp3) is 0.609. The number of aromatic nitrogens is 4. The number of carboxylic acids is 1. The van der Waals surface area contributed by atoms with Gasteiger partial charge in [0, 0.05) is 7.05 Å². The van der Waals surface area contributed by atoms with Crippen LogP contribution in [0.1, 0.15) is 57.1 Å². The summed E-state index contributed by atoms with van der Waals surface area (Å²) in [6.07, 6.45) is 6.75. The number of rotatable bonds is 7. The van der Waals surface area contributed by atoms with E-state index in [4.69, 9.17) is 9.47 Å². The van der Waals surface area contributed by atoms with E-state index in [9.17, 15) is 14.7 Å². The SMILES string of the molecule is Cc1nc(-c2nnn(C)c2NC(=O)OCC2CCCC2)ccc1O[C@H]1CCC[C@H](C(=O)O)C1. The molecule has 0 aliphatic heterocycles. The maximum Gasteiger partial charge on any atom is 0.412 e. The number of pyridine rings is 1. The maximum absolute atomic E-state index is 12.3. The van der Waals surface area contributed by atoms with Crippen LogP contribution in [0.2, 0.25) is 0 Å². The van der Waals surface area contributed by atoms with Gasteiger partial charge in [-0.2, -0.15) is 0 Å². The number of anilines is 1. The molecule has 2 aliphatic rings. The zero-order valence-electron chi connectivity index (χ0n) is 19.1. The summed E-state index contributed by atoms with van der Waals surface area (Å²) in [6.45, 7) is 2.25. The molecule has 0 unspecified atom stereocenters. The molecule has 0 radical (unpaired) electrons. The molecule has 0 bridgehead atoms. The van der Waals surface area contributed by atoms with E-state index in [2.05, 4.69) is 20.6 Å². The summed E-state index contributed by atoms with van der Waals surface area (Å²) in [5.41, 5.74) is 1.64. The maximum atomic E-state index is 12.3. The molecular weight excluding hydrogens is 426 g/mol. The Labute approximate surface area is 192 Å². The number of aliphatic carboxylic acids is 1. The van der Waals surface area contributed by atoms with Crippen molar-refractivity contribution in [3.63, 3.8) is 0 Å². The first-order valence-corrected chi connectivity index (χ1v) is 11.6. The smallest absolute Gasteiger partial charge is 0.412 e. The molecule has 1 amide bonds. The molecule has 4 rings (SSSR count). The second kappa shape index (κ2) is 10.2. The fourth-order valence-corrected chi connectivity index (χ4v) is 4.63. The molecule has 33 heavy (non-hydrogen) atoms. The second-order valence-corrected chi connectivity index (χ2v) is 9.01. The Hall–Kier alpha value is -3.17. The van der Waals surface area contributed by atoms with Gasteiger partial charge >= 0.3 is 12.1 Å². The quantitative estimate of drug-likeness (QED) is 0.640. The van der Waals surface area contributed by atoms with Crippen molar-refractivity contribution < 1.29 is 24.2 Å². The molecule has 0 saturated heterocycles. The Kier molecular flexibility index (Phi) is 7.10. The molecule has 2 aromatic heterocycles. The molecule has 2 saturated carbocycles. The summed E-state index contributed by atoms with van der Waals surface area (Å²) in [6, 6.07) is 3.57. The van der Waals surface area contributed by atoms with E-state index < -0.39 is 12.1 Å². The minimum absolute atomic E-state index is 0.144. The van der Waals surface area contributed by atoms with Gasteiger partial charge in [0.05, 0.1) is 30.0 Å². The number of carbonyl (C=O) groups excluding carboxylic acids is 1. The number of ether oxygens (including phenoxy) is 2. The highest BCUT2D eigenvalue weighted by atomic mass is 16.5. The first-order valence-electron chi connectivity index (χ1n) is 11.6. The Balaban J connectivity index is 1.42. The number of aryl methyl sites for hydroxylation is 2. The van der Waals surface area contributed by atoms with Crippen LogP contribution in [-0.4, -0.2) is 49.9 Å². The summed E-state index contributed by atoms with van der Waals surface area (Å²) < 4.78 is 13.0. The van der Waals surface area contributed by atoms with Crippen molar-refractivity contribution in [2.45, 2.75) is 64.4 Å². The highest BCUT2D eigenvalue weighted by Gasteiger charge is 2.28.